The first-order chi connectivity index (χ1) is 9.97. The van der Waals surface area contributed by atoms with Gasteiger partial charge in [-0.1, -0.05) is 32.1 Å². The lowest BCUT2D eigenvalue weighted by Gasteiger charge is -2.43. The lowest BCUT2D eigenvalue weighted by Crippen LogP contribution is -2.51. The van der Waals surface area contributed by atoms with Gasteiger partial charge in [0.2, 0.25) is 0 Å². The van der Waals surface area contributed by atoms with E-state index in [0.717, 1.165) is 32.1 Å². The van der Waals surface area contributed by atoms with Crippen molar-refractivity contribution in [3.63, 3.8) is 0 Å². The van der Waals surface area contributed by atoms with Crippen LogP contribution in [-0.2, 0) is 19.3 Å². The molecule has 3 atom stereocenters. The van der Waals surface area contributed by atoms with E-state index in [0.29, 0.717) is 13.0 Å². The quantitative estimate of drug-likeness (QED) is 0.424. The van der Waals surface area contributed by atoms with Crippen molar-refractivity contribution in [3.05, 3.63) is 0 Å². The second-order valence-corrected chi connectivity index (χ2v) is 6.88. The van der Waals surface area contributed by atoms with Gasteiger partial charge >= 0.3 is 5.97 Å². The number of fused-ring (bicyclic) bond motifs is 1. The Labute approximate surface area is 126 Å². The molecule has 1 N–H and O–H groups in total. The maximum atomic E-state index is 11.4. The van der Waals surface area contributed by atoms with Crippen LogP contribution in [0.1, 0.15) is 71.6 Å². The van der Waals surface area contributed by atoms with Gasteiger partial charge in [-0.15, -0.1) is 0 Å². The van der Waals surface area contributed by atoms with Crippen molar-refractivity contribution in [1.29, 1.82) is 0 Å². The van der Waals surface area contributed by atoms with E-state index in [9.17, 15) is 4.79 Å². The number of carbonyl (C=O) groups is 1. The molecule has 21 heavy (non-hydrogen) atoms. The molecule has 2 heterocycles. The summed E-state index contributed by atoms with van der Waals surface area (Å²) in [5.74, 6) is -0.195. The fourth-order valence-corrected chi connectivity index (χ4v) is 3.41. The molecule has 2 fully saturated rings. The van der Waals surface area contributed by atoms with Crippen molar-refractivity contribution >= 4 is 5.97 Å². The maximum Gasteiger partial charge on any atom is 0.309 e. The third-order valence-electron chi connectivity index (χ3n) is 4.58. The van der Waals surface area contributed by atoms with Crippen LogP contribution in [0.25, 0.3) is 0 Å². The number of rotatable bonds is 8. The molecule has 2 aliphatic heterocycles. The molecule has 0 aliphatic carbocycles. The number of aliphatic hydroxyl groups excluding tert-OH is 1. The first-order valence-electron chi connectivity index (χ1n) is 8.15. The van der Waals surface area contributed by atoms with Crippen molar-refractivity contribution in [1.82, 2.24) is 0 Å². The van der Waals surface area contributed by atoms with Crippen LogP contribution in [-0.4, -0.2) is 35.0 Å². The van der Waals surface area contributed by atoms with Gasteiger partial charge in [-0.25, -0.2) is 9.78 Å². The minimum absolute atomic E-state index is 0.195. The van der Waals surface area contributed by atoms with Crippen molar-refractivity contribution in [2.45, 2.75) is 88.9 Å². The molecule has 2 saturated heterocycles. The number of hydrogen-bond donors (Lipinski definition) is 1. The van der Waals surface area contributed by atoms with Gasteiger partial charge in [0.1, 0.15) is 17.3 Å². The Morgan fingerprint density at radius 1 is 1.14 bits per heavy atom. The summed E-state index contributed by atoms with van der Waals surface area (Å²) < 4.78 is 5.45. The van der Waals surface area contributed by atoms with Gasteiger partial charge in [-0.05, 0) is 26.7 Å². The van der Waals surface area contributed by atoms with E-state index in [-0.39, 0.29) is 24.1 Å². The minimum atomic E-state index is -0.536. The number of carbonyl (C=O) groups excluding carboxylic acids is 1. The molecule has 0 aromatic rings. The highest BCUT2D eigenvalue weighted by molar-refractivity contribution is 5.73. The zero-order chi connectivity index (χ0) is 15.3. The molecular weight excluding hydrogens is 272 g/mol. The van der Waals surface area contributed by atoms with Crippen molar-refractivity contribution in [3.8, 4) is 0 Å². The Balaban J connectivity index is 1.69. The number of hydrogen-bond acceptors (Lipinski definition) is 5. The van der Waals surface area contributed by atoms with Crippen LogP contribution in [0.15, 0.2) is 0 Å². The molecule has 0 bridgehead atoms. The van der Waals surface area contributed by atoms with Crippen LogP contribution in [0, 0.1) is 0 Å². The van der Waals surface area contributed by atoms with E-state index in [1.165, 1.54) is 12.8 Å². The SMILES string of the molecule is CC12C[C@](C)(CCCCCCCCO)OOC1CC(=O)O2. The van der Waals surface area contributed by atoms with E-state index in [4.69, 9.17) is 19.6 Å². The van der Waals surface area contributed by atoms with Gasteiger partial charge in [-0.2, -0.15) is 0 Å². The standard InChI is InChI=1S/C16H28O5/c1-15(9-7-5-3-4-6-8-10-17)12-16(2)13(20-21-15)11-14(18)19-16/h13,17H,3-12H2,1-2H3/t13?,15-,16?/m0/s1. The zero-order valence-corrected chi connectivity index (χ0v) is 13.2. The van der Waals surface area contributed by atoms with Crippen LogP contribution >= 0.6 is 0 Å². The average molecular weight is 300 g/mol. The van der Waals surface area contributed by atoms with Crippen LogP contribution in [0.3, 0.4) is 0 Å². The summed E-state index contributed by atoms with van der Waals surface area (Å²) >= 11 is 0. The zero-order valence-electron chi connectivity index (χ0n) is 13.2. The summed E-state index contributed by atoms with van der Waals surface area (Å²) in [6, 6.07) is 0. The Kier molecular flexibility index (Phi) is 5.63. The van der Waals surface area contributed by atoms with E-state index >= 15 is 0 Å². The van der Waals surface area contributed by atoms with Crippen molar-refractivity contribution in [2.75, 3.05) is 6.61 Å². The predicted octanol–water partition coefficient (Wildman–Crippen LogP) is 2.89. The Morgan fingerprint density at radius 2 is 1.81 bits per heavy atom. The molecule has 0 radical (unpaired) electrons. The van der Waals surface area contributed by atoms with E-state index in [1.54, 1.807) is 0 Å². The molecule has 5 heteroatoms. The monoisotopic (exact) mass is 300 g/mol. The molecule has 122 valence electrons. The molecule has 0 aromatic heterocycles. The van der Waals surface area contributed by atoms with E-state index < -0.39 is 5.60 Å². The summed E-state index contributed by atoms with van der Waals surface area (Å²) in [5, 5.41) is 8.72. The molecule has 0 saturated carbocycles. The second kappa shape index (κ2) is 7.07. The number of ether oxygens (including phenoxy) is 1. The molecular formula is C16H28O5. The fraction of sp³-hybridized carbons (Fsp3) is 0.938. The Bertz CT molecular complexity index is 359. The highest BCUT2D eigenvalue weighted by atomic mass is 17.2. The first kappa shape index (κ1) is 16.7. The summed E-state index contributed by atoms with van der Waals surface area (Å²) in [7, 11) is 0. The van der Waals surface area contributed by atoms with Crippen LogP contribution in [0.4, 0.5) is 0 Å². The van der Waals surface area contributed by atoms with Crippen LogP contribution in [0.5, 0.6) is 0 Å². The number of unbranched alkanes of at least 4 members (excludes halogenated alkanes) is 5. The summed E-state index contributed by atoms with van der Waals surface area (Å²) in [4.78, 5) is 22.4. The van der Waals surface area contributed by atoms with Gasteiger partial charge in [0.05, 0.1) is 6.42 Å². The van der Waals surface area contributed by atoms with Crippen molar-refractivity contribution < 1.29 is 24.4 Å². The van der Waals surface area contributed by atoms with Gasteiger partial charge in [-0.3, -0.25) is 4.79 Å². The summed E-state index contributed by atoms with van der Waals surface area (Å²) in [5.41, 5.74) is -0.911. The third-order valence-corrected chi connectivity index (χ3v) is 4.58. The van der Waals surface area contributed by atoms with Crippen molar-refractivity contribution in [2.24, 2.45) is 0 Å². The molecule has 2 aliphatic rings. The highest BCUT2D eigenvalue weighted by Crippen LogP contribution is 2.44. The predicted molar refractivity (Wildman–Crippen MR) is 77.5 cm³/mol. The molecule has 2 rings (SSSR count). The summed E-state index contributed by atoms with van der Waals surface area (Å²) in [6.07, 6.45) is 8.22. The van der Waals surface area contributed by atoms with Gasteiger partial charge in [0, 0.05) is 13.0 Å². The van der Waals surface area contributed by atoms with Crippen LogP contribution < -0.4 is 0 Å². The molecule has 0 amide bonds. The average Bonchev–Trinajstić information content (AvgIpc) is 2.70. The van der Waals surface area contributed by atoms with E-state index in [2.05, 4.69) is 0 Å². The largest absolute Gasteiger partial charge is 0.456 e. The fourth-order valence-electron chi connectivity index (χ4n) is 3.41. The molecule has 0 spiro atoms. The van der Waals surface area contributed by atoms with Crippen LogP contribution in [0.2, 0.25) is 0 Å². The van der Waals surface area contributed by atoms with Gasteiger partial charge in [0.15, 0.2) is 0 Å². The second-order valence-electron chi connectivity index (χ2n) is 6.88. The highest BCUT2D eigenvalue weighted by Gasteiger charge is 2.55. The van der Waals surface area contributed by atoms with Gasteiger partial charge in [0.25, 0.3) is 0 Å². The first-order valence-corrected chi connectivity index (χ1v) is 8.15. The maximum absolute atomic E-state index is 11.4. The topological polar surface area (TPSA) is 65.0 Å². The molecule has 5 nitrogen and oxygen atoms in total. The molecule has 2 unspecified atom stereocenters. The lowest BCUT2D eigenvalue weighted by atomic mass is 9.82. The summed E-state index contributed by atoms with van der Waals surface area (Å²) in [6.45, 7) is 4.27. The van der Waals surface area contributed by atoms with E-state index in [1.807, 2.05) is 13.8 Å². The number of esters is 1. The third kappa shape index (κ3) is 4.41. The lowest BCUT2D eigenvalue weighted by molar-refractivity contribution is -0.428. The smallest absolute Gasteiger partial charge is 0.309 e. The Hall–Kier alpha value is -0.650. The molecule has 0 aromatic carbocycles. The normalized spacial score (nSPS) is 35.6. The Morgan fingerprint density at radius 3 is 2.52 bits per heavy atom. The minimum Gasteiger partial charge on any atom is -0.456 e. The van der Waals surface area contributed by atoms with Gasteiger partial charge < -0.3 is 9.84 Å². The number of aliphatic hydroxyl groups is 1.